The number of ether oxygens (including phenoxy) is 1. The van der Waals surface area contributed by atoms with Gasteiger partial charge in [0.05, 0.1) is 12.7 Å². The smallest absolute Gasteiger partial charge is 0.334 e. The monoisotopic (exact) mass is 238 g/mol. The molecule has 86 valence electrons. The summed E-state index contributed by atoms with van der Waals surface area (Å²) in [7, 11) is 0. The fourth-order valence-electron chi connectivity index (χ4n) is 1.84. The molecule has 0 radical (unpaired) electrons. The van der Waals surface area contributed by atoms with Crippen molar-refractivity contribution in [3.05, 3.63) is 27.0 Å². The van der Waals surface area contributed by atoms with Crippen LogP contribution < -0.4 is 0 Å². The third-order valence-electron chi connectivity index (χ3n) is 2.50. The molecule has 1 atom stereocenters. The summed E-state index contributed by atoms with van der Waals surface area (Å²) < 4.78 is 4.94. The first-order valence-electron chi connectivity index (χ1n) is 5.28. The summed E-state index contributed by atoms with van der Waals surface area (Å²) >= 11 is 1.58. The van der Waals surface area contributed by atoms with Crippen molar-refractivity contribution < 1.29 is 14.6 Å². The van der Waals surface area contributed by atoms with Crippen molar-refractivity contribution in [2.75, 3.05) is 6.61 Å². The van der Waals surface area contributed by atoms with Crippen molar-refractivity contribution in [1.29, 1.82) is 0 Å². The van der Waals surface area contributed by atoms with E-state index in [0.717, 1.165) is 15.3 Å². The molecule has 4 heteroatoms. The highest BCUT2D eigenvalue weighted by Gasteiger charge is 2.25. The Kier molecular flexibility index (Phi) is 3.12. The Morgan fingerprint density at radius 1 is 1.69 bits per heavy atom. The third-order valence-corrected chi connectivity index (χ3v) is 3.67. The molecule has 16 heavy (non-hydrogen) atoms. The van der Waals surface area contributed by atoms with Gasteiger partial charge in [0.15, 0.2) is 0 Å². The van der Waals surface area contributed by atoms with Gasteiger partial charge in [-0.05, 0) is 31.6 Å². The van der Waals surface area contributed by atoms with Crippen molar-refractivity contribution in [3.8, 4) is 0 Å². The van der Waals surface area contributed by atoms with Gasteiger partial charge in [0.25, 0.3) is 0 Å². The fourth-order valence-corrected chi connectivity index (χ4v) is 2.83. The van der Waals surface area contributed by atoms with Crippen LogP contribution in [0, 0.1) is 6.92 Å². The number of aliphatic hydroxyl groups is 1. The number of esters is 1. The van der Waals surface area contributed by atoms with Crippen molar-refractivity contribution in [2.45, 2.75) is 26.4 Å². The first-order chi connectivity index (χ1) is 7.61. The van der Waals surface area contributed by atoms with E-state index in [-0.39, 0.29) is 5.97 Å². The Morgan fingerprint density at radius 2 is 2.44 bits per heavy atom. The molecule has 0 amide bonds. The van der Waals surface area contributed by atoms with Crippen LogP contribution in [0.1, 0.15) is 34.8 Å². The van der Waals surface area contributed by atoms with Gasteiger partial charge >= 0.3 is 5.97 Å². The van der Waals surface area contributed by atoms with Crippen LogP contribution in [0.3, 0.4) is 0 Å². The van der Waals surface area contributed by atoms with E-state index >= 15 is 0 Å². The molecule has 1 aliphatic carbocycles. The molecule has 1 aromatic rings. The molecule has 1 aliphatic rings. The van der Waals surface area contributed by atoms with Crippen molar-refractivity contribution >= 4 is 23.4 Å². The van der Waals surface area contributed by atoms with Gasteiger partial charge in [0, 0.05) is 21.7 Å². The molecule has 3 nitrogen and oxygen atoms in total. The normalized spacial score (nSPS) is 18.9. The van der Waals surface area contributed by atoms with Gasteiger partial charge in [-0.1, -0.05) is 0 Å². The Bertz CT molecular complexity index is 445. The van der Waals surface area contributed by atoms with E-state index < -0.39 is 6.10 Å². The van der Waals surface area contributed by atoms with Gasteiger partial charge in [0.2, 0.25) is 0 Å². The number of carbonyl (C=O) groups is 1. The molecule has 0 saturated carbocycles. The van der Waals surface area contributed by atoms with Crippen LogP contribution in [0.5, 0.6) is 0 Å². The third kappa shape index (κ3) is 2.03. The van der Waals surface area contributed by atoms with Gasteiger partial charge in [-0.2, -0.15) is 0 Å². The maximum Gasteiger partial charge on any atom is 0.334 e. The summed E-state index contributed by atoms with van der Waals surface area (Å²) in [5.41, 5.74) is 1.50. The standard InChI is InChI=1S/C12H14O3S/c1-3-15-12(14)9-5-8-4-7(2)16-11(8)10(13)6-9/h4-5,10,13H,3,6H2,1-2H3. The van der Waals surface area contributed by atoms with Gasteiger partial charge in [-0.3, -0.25) is 0 Å². The lowest BCUT2D eigenvalue weighted by Gasteiger charge is -2.17. The summed E-state index contributed by atoms with van der Waals surface area (Å²) in [6, 6.07) is 1.99. The molecule has 0 aliphatic heterocycles. The van der Waals surface area contributed by atoms with E-state index in [1.54, 1.807) is 18.3 Å². The average Bonchev–Trinajstić information content (AvgIpc) is 2.59. The van der Waals surface area contributed by atoms with Crippen molar-refractivity contribution in [1.82, 2.24) is 0 Å². The molecule has 1 aromatic heterocycles. The Labute approximate surface area is 98.4 Å². The molecular formula is C12H14O3S. The fraction of sp³-hybridized carbons (Fsp3) is 0.417. The van der Waals surface area contributed by atoms with Gasteiger partial charge in [-0.25, -0.2) is 4.79 Å². The number of carbonyl (C=O) groups excluding carboxylic acids is 1. The Hall–Kier alpha value is -1.13. The molecule has 2 rings (SSSR count). The first-order valence-corrected chi connectivity index (χ1v) is 6.09. The molecule has 0 spiro atoms. The Morgan fingerprint density at radius 3 is 3.12 bits per heavy atom. The lowest BCUT2D eigenvalue weighted by molar-refractivity contribution is -0.138. The average molecular weight is 238 g/mol. The summed E-state index contributed by atoms with van der Waals surface area (Å²) in [6.45, 7) is 4.13. The number of aryl methyl sites for hydroxylation is 1. The number of thiophene rings is 1. The Balaban J connectivity index is 2.32. The second kappa shape index (κ2) is 4.39. The van der Waals surface area contributed by atoms with Crippen LogP contribution in [0.2, 0.25) is 0 Å². The lowest BCUT2D eigenvalue weighted by Crippen LogP contribution is -2.13. The zero-order valence-corrected chi connectivity index (χ0v) is 10.1. The van der Waals surface area contributed by atoms with E-state index in [4.69, 9.17) is 4.74 Å². The minimum atomic E-state index is -0.571. The number of rotatable bonds is 2. The lowest BCUT2D eigenvalue weighted by atomic mass is 9.96. The van der Waals surface area contributed by atoms with Gasteiger partial charge in [-0.15, -0.1) is 11.3 Å². The maximum atomic E-state index is 11.6. The SMILES string of the molecule is CCOC(=O)C1=Cc2cc(C)sc2C(O)C1. The quantitative estimate of drug-likeness (QED) is 0.805. The van der Waals surface area contributed by atoms with E-state index in [0.29, 0.717) is 18.6 Å². The van der Waals surface area contributed by atoms with Crippen LogP contribution >= 0.6 is 11.3 Å². The van der Waals surface area contributed by atoms with E-state index in [1.807, 2.05) is 19.1 Å². The second-order valence-electron chi connectivity index (χ2n) is 3.79. The van der Waals surface area contributed by atoms with Crippen molar-refractivity contribution in [2.24, 2.45) is 0 Å². The summed E-state index contributed by atoms with van der Waals surface area (Å²) in [5, 5.41) is 9.92. The molecule has 0 aromatic carbocycles. The largest absolute Gasteiger partial charge is 0.463 e. The maximum absolute atomic E-state index is 11.6. The molecule has 1 N–H and O–H groups in total. The summed E-state index contributed by atoms with van der Waals surface area (Å²) in [5.74, 6) is -0.323. The predicted octanol–water partition coefficient (Wildman–Crippen LogP) is 2.44. The zero-order valence-electron chi connectivity index (χ0n) is 9.32. The van der Waals surface area contributed by atoms with Crippen LogP contribution in [0.4, 0.5) is 0 Å². The van der Waals surface area contributed by atoms with Crippen molar-refractivity contribution in [3.63, 3.8) is 0 Å². The number of hydrogen-bond donors (Lipinski definition) is 1. The minimum Gasteiger partial charge on any atom is -0.463 e. The predicted molar refractivity (Wildman–Crippen MR) is 63.2 cm³/mol. The van der Waals surface area contributed by atoms with E-state index in [9.17, 15) is 9.90 Å². The topological polar surface area (TPSA) is 46.5 Å². The minimum absolute atomic E-state index is 0.323. The summed E-state index contributed by atoms with van der Waals surface area (Å²) in [4.78, 5) is 13.7. The molecule has 1 unspecified atom stereocenters. The van der Waals surface area contributed by atoms with Crippen LogP contribution in [0.25, 0.3) is 6.08 Å². The molecule has 0 saturated heterocycles. The highest BCUT2D eigenvalue weighted by Crippen LogP contribution is 2.37. The highest BCUT2D eigenvalue weighted by atomic mass is 32.1. The highest BCUT2D eigenvalue weighted by molar-refractivity contribution is 7.12. The molecule has 0 fully saturated rings. The van der Waals surface area contributed by atoms with E-state index in [2.05, 4.69) is 0 Å². The van der Waals surface area contributed by atoms with Gasteiger partial charge < -0.3 is 9.84 Å². The van der Waals surface area contributed by atoms with Gasteiger partial charge in [0.1, 0.15) is 0 Å². The number of aliphatic hydroxyl groups excluding tert-OH is 1. The summed E-state index contributed by atoms with van der Waals surface area (Å²) in [6.07, 6.45) is 1.60. The van der Waals surface area contributed by atoms with E-state index in [1.165, 1.54) is 0 Å². The molecule has 1 heterocycles. The molecular weight excluding hydrogens is 224 g/mol. The number of fused-ring (bicyclic) bond motifs is 1. The first kappa shape index (κ1) is 11.4. The second-order valence-corrected chi connectivity index (χ2v) is 5.07. The molecule has 0 bridgehead atoms. The van der Waals surface area contributed by atoms with Crippen LogP contribution in [-0.2, 0) is 9.53 Å². The van der Waals surface area contributed by atoms with Crippen LogP contribution in [-0.4, -0.2) is 17.7 Å². The number of hydrogen-bond acceptors (Lipinski definition) is 4. The zero-order chi connectivity index (χ0) is 11.7. The van der Waals surface area contributed by atoms with Crippen LogP contribution in [0.15, 0.2) is 11.6 Å².